The van der Waals surface area contributed by atoms with Crippen molar-refractivity contribution in [2.45, 2.75) is 141 Å². The van der Waals surface area contributed by atoms with Gasteiger partial charge in [0.05, 0.1) is 22.1 Å². The van der Waals surface area contributed by atoms with Gasteiger partial charge in [0.2, 0.25) is 17.6 Å². The van der Waals surface area contributed by atoms with Crippen molar-refractivity contribution in [1.29, 1.82) is 0 Å². The molecule has 4 N–H and O–H groups in total. The molecule has 2 unspecified atom stereocenters. The number of allylic oxidation sites excluding steroid dienone is 1. The fourth-order valence-electron chi connectivity index (χ4n) is 9.21. The molecule has 12 nitrogen and oxygen atoms in total. The van der Waals surface area contributed by atoms with Crippen LogP contribution in [0.15, 0.2) is 24.3 Å². The van der Waals surface area contributed by atoms with Crippen LogP contribution in [0.3, 0.4) is 0 Å². The van der Waals surface area contributed by atoms with Crippen molar-refractivity contribution in [3.8, 4) is 0 Å². The maximum absolute atomic E-state index is 14.8. The molecule has 296 valence electrons. The molecule has 3 saturated carbocycles. The zero-order valence-corrected chi connectivity index (χ0v) is 33.7. The van der Waals surface area contributed by atoms with Crippen LogP contribution in [0.4, 0.5) is 4.79 Å². The summed E-state index contributed by atoms with van der Waals surface area (Å²) >= 11 is 0. The highest BCUT2D eigenvalue weighted by molar-refractivity contribution is 7.92. The van der Waals surface area contributed by atoms with Crippen LogP contribution in [0.1, 0.15) is 113 Å². The second-order valence-electron chi connectivity index (χ2n) is 18.2. The molecule has 0 radical (unpaired) electrons. The van der Waals surface area contributed by atoms with Gasteiger partial charge in [-0.25, -0.2) is 13.2 Å². The maximum atomic E-state index is 14.8. The molecule has 1 aliphatic heterocycles. The van der Waals surface area contributed by atoms with Gasteiger partial charge in [-0.05, 0) is 106 Å². The van der Waals surface area contributed by atoms with Gasteiger partial charge in [0.15, 0.2) is 9.84 Å². The highest BCUT2D eigenvalue weighted by Gasteiger charge is 2.70. The third-order valence-corrected chi connectivity index (χ3v) is 16.0. The van der Waals surface area contributed by atoms with E-state index >= 15 is 0 Å². The van der Waals surface area contributed by atoms with Gasteiger partial charge in [0.25, 0.3) is 5.91 Å². The minimum Gasteiger partial charge on any atom is -0.346 e. The van der Waals surface area contributed by atoms with Crippen LogP contribution >= 0.6 is 0 Å². The number of piperidine rings is 1. The highest BCUT2D eigenvalue weighted by Crippen LogP contribution is 2.65. The summed E-state index contributed by atoms with van der Waals surface area (Å²) in [7, 11) is -3.63. The number of urea groups is 1. The number of sulfone groups is 1. The molecule has 0 spiro atoms. The number of Topliss-reactive ketones (excluding diaryl/α,β-unsaturated/α-hetero) is 1. The van der Waals surface area contributed by atoms with E-state index in [2.05, 4.69) is 41.7 Å². The number of nitrogens with one attached hydrogen (secondary N) is 4. The van der Waals surface area contributed by atoms with E-state index in [1.54, 1.807) is 25.7 Å². The van der Waals surface area contributed by atoms with Crippen LogP contribution in [0.2, 0.25) is 0 Å². The van der Waals surface area contributed by atoms with Crippen molar-refractivity contribution in [1.82, 2.24) is 26.2 Å². The number of amides is 5. The Balaban J connectivity index is 1.41. The number of ketones is 1. The molecule has 5 amide bonds. The Morgan fingerprint density at radius 3 is 2.23 bits per heavy atom. The molecule has 0 bridgehead atoms. The summed E-state index contributed by atoms with van der Waals surface area (Å²) in [6.45, 7) is 17.2. The number of likely N-dealkylation sites (tertiary alicyclic amines) is 1. The van der Waals surface area contributed by atoms with Crippen LogP contribution < -0.4 is 21.3 Å². The van der Waals surface area contributed by atoms with E-state index in [1.807, 2.05) is 19.9 Å². The molecule has 0 aromatic heterocycles. The van der Waals surface area contributed by atoms with E-state index < -0.39 is 67.8 Å². The molecule has 13 heteroatoms. The largest absolute Gasteiger partial charge is 0.346 e. The van der Waals surface area contributed by atoms with Gasteiger partial charge in [-0.15, -0.1) is 6.58 Å². The van der Waals surface area contributed by atoms with Crippen molar-refractivity contribution in [3.63, 3.8) is 0 Å². The second-order valence-corrected chi connectivity index (χ2v) is 20.9. The Kier molecular flexibility index (Phi) is 12.0. The third kappa shape index (κ3) is 8.54. The molecular formula is C40H63N5O7S. The zero-order valence-electron chi connectivity index (χ0n) is 32.9. The molecule has 4 aliphatic carbocycles. The average molecular weight is 758 g/mol. The van der Waals surface area contributed by atoms with E-state index in [0.717, 1.165) is 56.9 Å². The van der Waals surface area contributed by atoms with Crippen molar-refractivity contribution in [2.75, 3.05) is 18.8 Å². The Morgan fingerprint density at radius 1 is 1.00 bits per heavy atom. The molecule has 53 heavy (non-hydrogen) atoms. The van der Waals surface area contributed by atoms with Gasteiger partial charge in [0, 0.05) is 13.1 Å². The van der Waals surface area contributed by atoms with Crippen molar-refractivity contribution < 1.29 is 32.4 Å². The SMILES string of the molecule is C=CCNC(=O)C(=O)C(CC1CC1)NC(=O)[C@@H]1[C@@H]2[C@H](CN1C(=O)[C@@H](NC(=O)NC1(CS(=O)(=O)C(C)(C)C)[C@H](C)CCC[C@@H]1C)C1=CCCCC1)C2(C)C. The minimum absolute atomic E-state index is 0.0558. The number of rotatable bonds is 14. The third-order valence-electron chi connectivity index (χ3n) is 13.3. The average Bonchev–Trinajstić information content (AvgIpc) is 3.94. The highest BCUT2D eigenvalue weighted by atomic mass is 32.2. The standard InChI is InChI=1S/C40H63N5O7S/c1-9-20-41-35(48)33(46)29(21-26-18-19-26)42-34(47)32-30-28(39(30,7)8)22-45(32)36(49)31(27-16-11-10-12-17-27)43-37(50)44-40(23-53(51,52)38(4,5)6)24(2)14-13-15-25(40)3/h9,16,24-26,28-32H,1,10-15,17-23H2,2-8H3,(H,41,48)(H,42,47)(H2,43,44,50)/t24-,25+,28-,29?,30-,31-,32-,40?/m0/s1. The number of carbonyl (C=O) groups is 5. The van der Waals surface area contributed by atoms with Gasteiger partial charge in [-0.1, -0.05) is 59.1 Å². The number of hydrogen-bond acceptors (Lipinski definition) is 7. The molecule has 4 fully saturated rings. The quantitative estimate of drug-likeness (QED) is 0.152. The van der Waals surface area contributed by atoms with Crippen molar-refractivity contribution >= 4 is 39.4 Å². The van der Waals surface area contributed by atoms with Gasteiger partial charge < -0.3 is 26.2 Å². The number of fused-ring (bicyclic) bond motifs is 1. The predicted molar refractivity (Wildman–Crippen MR) is 204 cm³/mol. The first-order valence-corrected chi connectivity index (χ1v) is 21.4. The maximum Gasteiger partial charge on any atom is 0.316 e. The smallest absolute Gasteiger partial charge is 0.316 e. The van der Waals surface area contributed by atoms with Crippen LogP contribution in [-0.4, -0.2) is 90.1 Å². The molecule has 8 atom stereocenters. The summed E-state index contributed by atoms with van der Waals surface area (Å²) in [6, 6.07) is -3.55. The van der Waals surface area contributed by atoms with Crippen LogP contribution in [0, 0.1) is 35.0 Å². The predicted octanol–water partition coefficient (Wildman–Crippen LogP) is 4.20. The Bertz CT molecular complexity index is 1600. The summed E-state index contributed by atoms with van der Waals surface area (Å²) in [5.41, 5.74) is -0.470. The number of carbonyl (C=O) groups excluding carboxylic acids is 5. The van der Waals surface area contributed by atoms with Gasteiger partial charge in [-0.3, -0.25) is 19.2 Å². The van der Waals surface area contributed by atoms with Crippen molar-refractivity contribution in [3.05, 3.63) is 24.3 Å². The molecular weight excluding hydrogens is 695 g/mol. The molecule has 0 aromatic carbocycles. The fraction of sp³-hybridized carbons (Fsp3) is 0.775. The van der Waals surface area contributed by atoms with Gasteiger partial charge >= 0.3 is 6.03 Å². The monoisotopic (exact) mass is 757 g/mol. The summed E-state index contributed by atoms with van der Waals surface area (Å²) in [4.78, 5) is 70.8. The lowest BCUT2D eigenvalue weighted by Gasteiger charge is -2.48. The second kappa shape index (κ2) is 15.5. The molecule has 1 saturated heterocycles. The Labute approximate surface area is 316 Å². The lowest BCUT2D eigenvalue weighted by molar-refractivity contribution is -0.143. The number of hydrogen-bond donors (Lipinski definition) is 4. The first-order valence-electron chi connectivity index (χ1n) is 19.8. The lowest BCUT2D eigenvalue weighted by atomic mass is 9.68. The van der Waals surface area contributed by atoms with Gasteiger partial charge in [-0.2, -0.15) is 0 Å². The topological polar surface area (TPSA) is 171 Å². The Hall–Kier alpha value is -3.22. The molecule has 1 heterocycles. The van der Waals surface area contributed by atoms with E-state index in [4.69, 9.17) is 0 Å². The van der Waals surface area contributed by atoms with E-state index in [9.17, 15) is 32.4 Å². The normalized spacial score (nSPS) is 30.5. The van der Waals surface area contributed by atoms with Gasteiger partial charge in [0.1, 0.15) is 12.1 Å². The summed E-state index contributed by atoms with van der Waals surface area (Å²) < 4.78 is 26.3. The molecule has 5 rings (SSSR count). The van der Waals surface area contributed by atoms with Crippen LogP contribution in [-0.2, 0) is 29.0 Å². The van der Waals surface area contributed by atoms with E-state index in [-0.39, 0.29) is 47.3 Å². The lowest BCUT2D eigenvalue weighted by Crippen LogP contribution is -2.67. The summed E-state index contributed by atoms with van der Waals surface area (Å²) in [5.74, 6) is -2.67. The minimum atomic E-state index is -3.63. The summed E-state index contributed by atoms with van der Waals surface area (Å²) in [5, 5.41) is 11.5. The Morgan fingerprint density at radius 2 is 1.66 bits per heavy atom. The van der Waals surface area contributed by atoms with Crippen molar-refractivity contribution in [2.24, 2.45) is 35.0 Å². The molecule has 5 aliphatic rings. The zero-order chi connectivity index (χ0) is 39.1. The fourth-order valence-corrected chi connectivity index (χ4v) is 10.9. The first-order chi connectivity index (χ1) is 24.7. The van der Waals surface area contributed by atoms with Crippen LogP contribution in [0.25, 0.3) is 0 Å². The number of nitrogens with zero attached hydrogens (tertiary/aromatic N) is 1. The van der Waals surface area contributed by atoms with E-state index in [1.165, 1.54) is 6.08 Å². The summed E-state index contributed by atoms with van der Waals surface area (Å²) in [6.07, 6.45) is 11.3. The van der Waals surface area contributed by atoms with E-state index in [0.29, 0.717) is 19.4 Å². The van der Waals surface area contributed by atoms with Crippen LogP contribution in [0.5, 0.6) is 0 Å². The first kappa shape index (κ1) is 41.0. The molecule has 0 aromatic rings.